The van der Waals surface area contributed by atoms with E-state index in [-0.39, 0.29) is 11.7 Å². The van der Waals surface area contributed by atoms with Gasteiger partial charge in [-0.15, -0.1) is 10.2 Å². The van der Waals surface area contributed by atoms with Crippen LogP contribution in [0.3, 0.4) is 0 Å². The van der Waals surface area contributed by atoms with Gasteiger partial charge in [-0.1, -0.05) is 23.5 Å². The van der Waals surface area contributed by atoms with Gasteiger partial charge in [-0.25, -0.2) is 4.39 Å². The molecular weight excluding hydrogens is 289 g/mol. The molecule has 1 heterocycles. The fourth-order valence-corrected chi connectivity index (χ4v) is 3.45. The molecule has 1 N–H and O–H groups in total. The van der Waals surface area contributed by atoms with E-state index in [9.17, 15) is 9.18 Å². The maximum Gasteiger partial charge on any atom is 0.236 e. The molecule has 2 aliphatic carbocycles. The Morgan fingerprint density at radius 2 is 1.95 bits per heavy atom. The van der Waals surface area contributed by atoms with Gasteiger partial charge in [-0.3, -0.25) is 10.1 Å². The van der Waals surface area contributed by atoms with E-state index in [1.165, 1.54) is 36.3 Å². The first-order chi connectivity index (χ1) is 10.2. The molecule has 2 aromatic rings. The molecule has 1 aromatic carbocycles. The Kier molecular flexibility index (Phi) is 2.82. The van der Waals surface area contributed by atoms with Crippen LogP contribution in [-0.2, 0) is 10.2 Å². The van der Waals surface area contributed by atoms with Gasteiger partial charge in [0, 0.05) is 5.92 Å². The average Bonchev–Trinajstić information content (AvgIpc) is 3.39. The van der Waals surface area contributed by atoms with Gasteiger partial charge in [0.25, 0.3) is 0 Å². The lowest BCUT2D eigenvalue weighted by Gasteiger charge is -2.14. The highest BCUT2D eigenvalue weighted by atomic mass is 32.1. The van der Waals surface area contributed by atoms with Crippen LogP contribution in [0, 0.1) is 5.82 Å². The third-order valence-electron chi connectivity index (χ3n) is 4.17. The molecule has 6 heteroatoms. The zero-order chi connectivity index (χ0) is 14.4. The SMILES string of the molecule is O=C(Nc1nnc(C2CC2)s1)C1(c2ccc(F)cc2)CC1. The summed E-state index contributed by atoms with van der Waals surface area (Å²) in [5, 5.41) is 12.6. The molecule has 0 saturated heterocycles. The van der Waals surface area contributed by atoms with Gasteiger partial charge in [0.05, 0.1) is 5.41 Å². The highest BCUT2D eigenvalue weighted by Crippen LogP contribution is 2.49. The van der Waals surface area contributed by atoms with Gasteiger partial charge in [0.15, 0.2) is 0 Å². The maximum absolute atomic E-state index is 13.0. The Labute approximate surface area is 125 Å². The summed E-state index contributed by atoms with van der Waals surface area (Å²) < 4.78 is 13.0. The van der Waals surface area contributed by atoms with E-state index in [4.69, 9.17) is 0 Å². The number of nitrogens with one attached hydrogen (secondary N) is 1. The molecule has 1 amide bonds. The monoisotopic (exact) mass is 303 g/mol. The number of nitrogens with zero attached hydrogens (tertiary/aromatic N) is 2. The topological polar surface area (TPSA) is 54.9 Å². The zero-order valence-corrected chi connectivity index (χ0v) is 12.1. The minimum Gasteiger partial charge on any atom is -0.300 e. The van der Waals surface area contributed by atoms with E-state index in [1.54, 1.807) is 12.1 Å². The summed E-state index contributed by atoms with van der Waals surface area (Å²) in [6, 6.07) is 6.19. The van der Waals surface area contributed by atoms with Crippen molar-refractivity contribution in [2.45, 2.75) is 37.0 Å². The Morgan fingerprint density at radius 3 is 2.57 bits per heavy atom. The fourth-order valence-electron chi connectivity index (χ4n) is 2.54. The summed E-state index contributed by atoms with van der Waals surface area (Å²) in [6.45, 7) is 0. The standard InChI is InChI=1S/C15H14FN3OS/c16-11-5-3-10(4-6-11)15(7-8-15)13(20)17-14-19-18-12(21-14)9-1-2-9/h3-6,9H,1-2,7-8H2,(H,17,19,20). The molecule has 0 aliphatic heterocycles. The number of carbonyl (C=O) groups is 1. The molecule has 4 rings (SSSR count). The third-order valence-corrected chi connectivity index (χ3v) is 5.17. The van der Waals surface area contributed by atoms with Crippen LogP contribution in [0.15, 0.2) is 24.3 Å². The molecule has 21 heavy (non-hydrogen) atoms. The van der Waals surface area contributed by atoms with Crippen molar-refractivity contribution >= 4 is 22.4 Å². The second kappa shape index (κ2) is 4.59. The number of aromatic nitrogens is 2. The van der Waals surface area contributed by atoms with Crippen molar-refractivity contribution in [1.29, 1.82) is 0 Å². The normalized spacial score (nSPS) is 19.3. The van der Waals surface area contributed by atoms with Crippen LogP contribution in [0.1, 0.15) is 42.2 Å². The highest BCUT2D eigenvalue weighted by Gasteiger charge is 2.51. The van der Waals surface area contributed by atoms with Gasteiger partial charge in [0.2, 0.25) is 11.0 Å². The Morgan fingerprint density at radius 1 is 1.24 bits per heavy atom. The van der Waals surface area contributed by atoms with E-state index in [1.807, 2.05) is 0 Å². The van der Waals surface area contributed by atoms with E-state index in [0.717, 1.165) is 23.4 Å². The number of benzene rings is 1. The van der Waals surface area contributed by atoms with Gasteiger partial charge < -0.3 is 0 Å². The predicted octanol–water partition coefficient (Wildman–Crippen LogP) is 3.22. The Hall–Kier alpha value is -1.82. The molecule has 2 aliphatic rings. The first-order valence-corrected chi connectivity index (χ1v) is 7.90. The van der Waals surface area contributed by atoms with Crippen LogP contribution in [0.4, 0.5) is 9.52 Å². The molecule has 0 bridgehead atoms. The smallest absolute Gasteiger partial charge is 0.236 e. The summed E-state index contributed by atoms with van der Waals surface area (Å²) in [7, 11) is 0. The second-order valence-electron chi connectivity index (χ2n) is 5.76. The molecule has 4 nitrogen and oxygen atoms in total. The quantitative estimate of drug-likeness (QED) is 0.943. The Balaban J connectivity index is 1.52. The van der Waals surface area contributed by atoms with Crippen LogP contribution in [-0.4, -0.2) is 16.1 Å². The minimum atomic E-state index is -0.515. The maximum atomic E-state index is 13.0. The number of halogens is 1. The summed E-state index contributed by atoms with van der Waals surface area (Å²) >= 11 is 1.46. The van der Waals surface area contributed by atoms with Crippen LogP contribution < -0.4 is 5.32 Å². The van der Waals surface area contributed by atoms with Crippen molar-refractivity contribution in [3.8, 4) is 0 Å². The summed E-state index contributed by atoms with van der Waals surface area (Å²) in [5.74, 6) is 0.195. The fraction of sp³-hybridized carbons (Fsp3) is 0.400. The molecule has 108 valence electrons. The lowest BCUT2D eigenvalue weighted by Crippen LogP contribution is -2.27. The van der Waals surface area contributed by atoms with Gasteiger partial charge in [-0.2, -0.15) is 0 Å². The summed E-state index contributed by atoms with van der Waals surface area (Å²) in [6.07, 6.45) is 3.92. The molecule has 2 fully saturated rings. The molecule has 1 aromatic heterocycles. The van der Waals surface area contributed by atoms with Crippen LogP contribution >= 0.6 is 11.3 Å². The zero-order valence-electron chi connectivity index (χ0n) is 11.3. The first kappa shape index (κ1) is 12.9. The lowest BCUT2D eigenvalue weighted by molar-refractivity contribution is -0.118. The van der Waals surface area contributed by atoms with Crippen LogP contribution in [0.5, 0.6) is 0 Å². The average molecular weight is 303 g/mol. The number of hydrogen-bond acceptors (Lipinski definition) is 4. The van der Waals surface area contributed by atoms with Crippen molar-refractivity contribution in [3.63, 3.8) is 0 Å². The molecule has 0 radical (unpaired) electrons. The number of rotatable bonds is 4. The van der Waals surface area contributed by atoms with Crippen molar-refractivity contribution < 1.29 is 9.18 Å². The number of anilines is 1. The first-order valence-electron chi connectivity index (χ1n) is 7.08. The molecule has 2 saturated carbocycles. The van der Waals surface area contributed by atoms with Crippen LogP contribution in [0.25, 0.3) is 0 Å². The summed E-state index contributed by atoms with van der Waals surface area (Å²) in [5.41, 5.74) is 0.354. The molecule has 0 atom stereocenters. The predicted molar refractivity (Wildman–Crippen MR) is 77.8 cm³/mol. The largest absolute Gasteiger partial charge is 0.300 e. The van der Waals surface area contributed by atoms with Crippen molar-refractivity contribution in [3.05, 3.63) is 40.7 Å². The number of amides is 1. The van der Waals surface area contributed by atoms with E-state index < -0.39 is 5.41 Å². The molecule has 0 unspecified atom stereocenters. The molecular formula is C15H14FN3OS. The van der Waals surface area contributed by atoms with E-state index in [0.29, 0.717) is 11.0 Å². The minimum absolute atomic E-state index is 0.0624. The van der Waals surface area contributed by atoms with Gasteiger partial charge in [-0.05, 0) is 43.4 Å². The van der Waals surface area contributed by atoms with Crippen molar-refractivity contribution in [1.82, 2.24) is 10.2 Å². The second-order valence-corrected chi connectivity index (χ2v) is 6.77. The third kappa shape index (κ3) is 2.33. The van der Waals surface area contributed by atoms with E-state index in [2.05, 4.69) is 15.5 Å². The Bertz CT molecular complexity index is 689. The van der Waals surface area contributed by atoms with Crippen molar-refractivity contribution in [2.75, 3.05) is 5.32 Å². The molecule has 0 spiro atoms. The summed E-state index contributed by atoms with van der Waals surface area (Å²) in [4.78, 5) is 12.5. The van der Waals surface area contributed by atoms with Gasteiger partial charge >= 0.3 is 0 Å². The van der Waals surface area contributed by atoms with E-state index >= 15 is 0 Å². The highest BCUT2D eigenvalue weighted by molar-refractivity contribution is 7.15. The van der Waals surface area contributed by atoms with Crippen LogP contribution in [0.2, 0.25) is 0 Å². The lowest BCUT2D eigenvalue weighted by atomic mass is 9.95. The van der Waals surface area contributed by atoms with Gasteiger partial charge in [0.1, 0.15) is 10.8 Å². The number of carbonyl (C=O) groups excluding carboxylic acids is 1. The number of hydrogen-bond donors (Lipinski definition) is 1. The van der Waals surface area contributed by atoms with Crippen molar-refractivity contribution in [2.24, 2.45) is 0 Å².